The van der Waals surface area contributed by atoms with Crippen molar-refractivity contribution in [1.82, 2.24) is 4.90 Å². The SMILES string of the molecule is CO[C@@]1(CC(N)=O)COCCN(C(=O)CCc2ccc(F)cc2)C1. The van der Waals surface area contributed by atoms with Gasteiger partial charge in [-0.1, -0.05) is 12.1 Å². The van der Waals surface area contributed by atoms with Crippen molar-refractivity contribution < 1.29 is 23.5 Å². The lowest BCUT2D eigenvalue weighted by Gasteiger charge is -2.33. The number of primary amides is 1. The Kier molecular flexibility index (Phi) is 6.28. The molecule has 1 aromatic rings. The Bertz CT molecular complexity index is 578. The predicted molar refractivity (Wildman–Crippen MR) is 85.7 cm³/mol. The zero-order valence-electron chi connectivity index (χ0n) is 13.8. The van der Waals surface area contributed by atoms with Gasteiger partial charge in [0.1, 0.15) is 11.4 Å². The highest BCUT2D eigenvalue weighted by atomic mass is 19.1. The summed E-state index contributed by atoms with van der Waals surface area (Å²) in [6.07, 6.45) is 0.805. The van der Waals surface area contributed by atoms with E-state index in [1.807, 2.05) is 0 Å². The van der Waals surface area contributed by atoms with E-state index in [1.165, 1.54) is 19.2 Å². The number of hydrogen-bond acceptors (Lipinski definition) is 4. The van der Waals surface area contributed by atoms with Gasteiger partial charge in [0.2, 0.25) is 11.8 Å². The molecule has 2 N–H and O–H groups in total. The first-order valence-corrected chi connectivity index (χ1v) is 7.87. The first kappa shape index (κ1) is 18.4. The van der Waals surface area contributed by atoms with Crippen LogP contribution in [0.15, 0.2) is 24.3 Å². The van der Waals surface area contributed by atoms with Gasteiger partial charge >= 0.3 is 0 Å². The van der Waals surface area contributed by atoms with Gasteiger partial charge in [-0.2, -0.15) is 0 Å². The van der Waals surface area contributed by atoms with Gasteiger partial charge in [-0.25, -0.2) is 4.39 Å². The standard InChI is InChI=1S/C17H23FN2O4/c1-23-17(10-15(19)21)11-20(8-9-24-12-17)16(22)7-4-13-2-5-14(18)6-3-13/h2-3,5-6H,4,7-12H2,1H3,(H2,19,21)/t17-/m1/s1. The number of benzene rings is 1. The molecule has 0 radical (unpaired) electrons. The van der Waals surface area contributed by atoms with E-state index >= 15 is 0 Å². The van der Waals surface area contributed by atoms with Crippen molar-refractivity contribution in [3.05, 3.63) is 35.6 Å². The number of carbonyl (C=O) groups excluding carboxylic acids is 2. The molecule has 7 heteroatoms. The highest BCUT2D eigenvalue weighted by molar-refractivity contribution is 5.77. The number of rotatable bonds is 6. The summed E-state index contributed by atoms with van der Waals surface area (Å²) in [7, 11) is 1.48. The lowest BCUT2D eigenvalue weighted by atomic mass is 9.99. The topological polar surface area (TPSA) is 81.9 Å². The molecule has 2 rings (SSSR count). The number of aryl methyl sites for hydroxylation is 1. The van der Waals surface area contributed by atoms with Gasteiger partial charge in [-0.05, 0) is 24.1 Å². The number of carbonyl (C=O) groups is 2. The van der Waals surface area contributed by atoms with Crippen molar-refractivity contribution in [2.75, 3.05) is 33.4 Å². The molecule has 24 heavy (non-hydrogen) atoms. The third kappa shape index (κ3) is 5.01. The summed E-state index contributed by atoms with van der Waals surface area (Å²) < 4.78 is 23.9. The molecule has 0 aromatic heterocycles. The molecule has 0 unspecified atom stereocenters. The van der Waals surface area contributed by atoms with E-state index in [-0.39, 0.29) is 31.3 Å². The van der Waals surface area contributed by atoms with Gasteiger partial charge < -0.3 is 20.1 Å². The smallest absolute Gasteiger partial charge is 0.223 e. The second kappa shape index (κ2) is 8.21. The molecule has 1 saturated heterocycles. The normalized spacial score (nSPS) is 21.3. The minimum atomic E-state index is -0.909. The minimum absolute atomic E-state index is 0.00869. The molecule has 0 spiro atoms. The quantitative estimate of drug-likeness (QED) is 0.835. The van der Waals surface area contributed by atoms with Crippen LogP contribution >= 0.6 is 0 Å². The van der Waals surface area contributed by atoms with E-state index in [9.17, 15) is 14.0 Å². The lowest BCUT2D eigenvalue weighted by molar-refractivity contribution is -0.139. The average Bonchev–Trinajstić information content (AvgIpc) is 2.77. The molecule has 1 aliphatic heterocycles. The van der Waals surface area contributed by atoms with Crippen LogP contribution in [0.3, 0.4) is 0 Å². The zero-order valence-corrected chi connectivity index (χ0v) is 13.8. The van der Waals surface area contributed by atoms with Crippen LogP contribution in [0, 0.1) is 5.82 Å². The number of ether oxygens (including phenoxy) is 2. The van der Waals surface area contributed by atoms with E-state index in [0.29, 0.717) is 26.0 Å². The average molecular weight is 338 g/mol. The Morgan fingerprint density at radius 3 is 2.71 bits per heavy atom. The van der Waals surface area contributed by atoms with E-state index in [0.717, 1.165) is 5.56 Å². The molecule has 1 aliphatic rings. The van der Waals surface area contributed by atoms with Crippen molar-refractivity contribution in [1.29, 1.82) is 0 Å². The van der Waals surface area contributed by atoms with Crippen molar-refractivity contribution in [3.8, 4) is 0 Å². The predicted octanol–water partition coefficient (Wildman–Crippen LogP) is 0.878. The van der Waals surface area contributed by atoms with Crippen molar-refractivity contribution in [2.24, 2.45) is 5.73 Å². The van der Waals surface area contributed by atoms with Gasteiger partial charge in [0, 0.05) is 20.1 Å². The minimum Gasteiger partial charge on any atom is -0.377 e. The summed E-state index contributed by atoms with van der Waals surface area (Å²) in [5, 5.41) is 0. The Hall–Kier alpha value is -1.99. The molecule has 1 atom stereocenters. The summed E-state index contributed by atoms with van der Waals surface area (Å²) in [4.78, 5) is 25.5. The third-order valence-electron chi connectivity index (χ3n) is 4.17. The van der Waals surface area contributed by atoms with E-state index in [2.05, 4.69) is 0 Å². The summed E-state index contributed by atoms with van der Waals surface area (Å²) in [5.41, 5.74) is 5.28. The Morgan fingerprint density at radius 1 is 1.38 bits per heavy atom. The maximum absolute atomic E-state index is 12.9. The van der Waals surface area contributed by atoms with Crippen molar-refractivity contribution in [2.45, 2.75) is 24.9 Å². The molecule has 1 aromatic carbocycles. The summed E-state index contributed by atoms with van der Waals surface area (Å²) in [6.45, 7) is 1.29. The summed E-state index contributed by atoms with van der Waals surface area (Å²) in [6, 6.07) is 6.09. The fraction of sp³-hybridized carbons (Fsp3) is 0.529. The van der Waals surface area contributed by atoms with Crippen molar-refractivity contribution in [3.63, 3.8) is 0 Å². The van der Waals surface area contributed by atoms with E-state index < -0.39 is 11.5 Å². The lowest BCUT2D eigenvalue weighted by Crippen LogP contribution is -2.50. The zero-order chi connectivity index (χ0) is 17.6. The van der Waals surface area contributed by atoms with Crippen LogP contribution in [0.5, 0.6) is 0 Å². The molecule has 2 amide bonds. The number of hydrogen-bond donors (Lipinski definition) is 1. The van der Waals surface area contributed by atoms with Gasteiger partial charge in [0.25, 0.3) is 0 Å². The third-order valence-corrected chi connectivity index (χ3v) is 4.17. The Morgan fingerprint density at radius 2 is 2.08 bits per heavy atom. The highest BCUT2D eigenvalue weighted by Crippen LogP contribution is 2.21. The summed E-state index contributed by atoms with van der Waals surface area (Å²) in [5.74, 6) is -0.858. The van der Waals surface area contributed by atoms with Crippen molar-refractivity contribution >= 4 is 11.8 Å². The van der Waals surface area contributed by atoms with Crippen LogP contribution in [-0.4, -0.2) is 55.7 Å². The summed E-state index contributed by atoms with van der Waals surface area (Å²) >= 11 is 0. The maximum atomic E-state index is 12.9. The Labute approximate surface area is 140 Å². The van der Waals surface area contributed by atoms with E-state index in [4.69, 9.17) is 15.2 Å². The number of nitrogens with two attached hydrogens (primary N) is 1. The van der Waals surface area contributed by atoms with Crippen LogP contribution < -0.4 is 5.73 Å². The van der Waals surface area contributed by atoms with Gasteiger partial charge in [0.15, 0.2) is 0 Å². The Balaban J connectivity index is 1.98. The maximum Gasteiger partial charge on any atom is 0.223 e. The molecular formula is C17H23FN2O4. The largest absolute Gasteiger partial charge is 0.377 e. The second-order valence-electron chi connectivity index (χ2n) is 6.02. The van der Waals surface area contributed by atoms with Crippen LogP contribution in [0.25, 0.3) is 0 Å². The molecule has 132 valence electrons. The fourth-order valence-corrected chi connectivity index (χ4v) is 2.80. The molecule has 0 bridgehead atoms. The molecular weight excluding hydrogens is 315 g/mol. The highest BCUT2D eigenvalue weighted by Gasteiger charge is 2.37. The van der Waals surface area contributed by atoms with Gasteiger partial charge in [0.05, 0.1) is 26.2 Å². The first-order valence-electron chi connectivity index (χ1n) is 7.87. The van der Waals surface area contributed by atoms with Crippen LogP contribution in [-0.2, 0) is 25.5 Å². The van der Waals surface area contributed by atoms with Crippen LogP contribution in [0.1, 0.15) is 18.4 Å². The first-order chi connectivity index (χ1) is 11.4. The number of halogens is 1. The number of amides is 2. The molecule has 1 fully saturated rings. The molecule has 0 saturated carbocycles. The number of methoxy groups -OCH3 is 1. The molecule has 1 heterocycles. The fourth-order valence-electron chi connectivity index (χ4n) is 2.80. The van der Waals surface area contributed by atoms with Gasteiger partial charge in [-0.3, -0.25) is 9.59 Å². The van der Waals surface area contributed by atoms with Gasteiger partial charge in [-0.15, -0.1) is 0 Å². The monoisotopic (exact) mass is 338 g/mol. The number of nitrogens with zero attached hydrogens (tertiary/aromatic N) is 1. The van der Waals surface area contributed by atoms with E-state index in [1.54, 1.807) is 17.0 Å². The second-order valence-corrected chi connectivity index (χ2v) is 6.02. The van der Waals surface area contributed by atoms with Crippen LogP contribution in [0.2, 0.25) is 0 Å². The molecule has 6 nitrogen and oxygen atoms in total. The van der Waals surface area contributed by atoms with Crippen LogP contribution in [0.4, 0.5) is 4.39 Å². The molecule has 0 aliphatic carbocycles.